The number of hydrogen-bond donors (Lipinski definition) is 0. The summed E-state index contributed by atoms with van der Waals surface area (Å²) in [5, 5.41) is 4.95. The molecule has 0 saturated heterocycles. The van der Waals surface area contributed by atoms with Gasteiger partial charge in [-0.2, -0.15) is 0 Å². The van der Waals surface area contributed by atoms with Crippen molar-refractivity contribution in [2.45, 2.75) is 12.8 Å². The lowest BCUT2D eigenvalue weighted by molar-refractivity contribution is 1.04. The Morgan fingerprint density at radius 1 is 0.274 bits per heavy atom. The second kappa shape index (κ2) is 15.0. The second-order valence-electron chi connectivity index (χ2n) is 16.4. The highest BCUT2D eigenvalue weighted by Gasteiger charge is 2.19. The van der Waals surface area contributed by atoms with Gasteiger partial charge in [0, 0.05) is 32.9 Å². The van der Waals surface area contributed by atoms with Gasteiger partial charge in [-0.25, -0.2) is 0 Å². The molecule has 0 amide bonds. The smallest absolute Gasteiger partial charge is 0.0541 e. The Morgan fingerprint density at radius 2 is 0.694 bits per heavy atom. The lowest BCUT2D eigenvalue weighted by Crippen LogP contribution is -2.00. The van der Waals surface area contributed by atoms with Gasteiger partial charge in [0.2, 0.25) is 0 Å². The van der Waals surface area contributed by atoms with E-state index in [0.717, 1.165) is 29.8 Å². The van der Waals surface area contributed by atoms with Crippen LogP contribution in [0.25, 0.3) is 105 Å². The molecule has 0 atom stereocenters. The summed E-state index contributed by atoms with van der Waals surface area (Å²) in [5.74, 6) is 0. The predicted molar refractivity (Wildman–Crippen MR) is 263 cm³/mol. The Bertz CT molecular complexity index is 3370. The van der Waals surface area contributed by atoms with Gasteiger partial charge < -0.3 is 9.13 Å². The number of hydrogen-bond acceptors (Lipinski definition) is 0. The van der Waals surface area contributed by atoms with E-state index in [-0.39, 0.29) is 0 Å². The SMILES string of the molecule is C1=CC(c2cc(-c3ccccc3)cc(-c3cc(-n4c5ccccc5c5cc(-c6ccccc6)ccc54)cc(-n4c5ccccc5c5cc(-c6ccccc6)ccc54)c3)c2)=CCC1. The molecule has 9 aromatic carbocycles. The van der Waals surface area contributed by atoms with Gasteiger partial charge in [0.1, 0.15) is 0 Å². The summed E-state index contributed by atoms with van der Waals surface area (Å²) in [4.78, 5) is 0. The van der Waals surface area contributed by atoms with Crippen LogP contribution < -0.4 is 0 Å². The van der Waals surface area contributed by atoms with Crippen LogP contribution >= 0.6 is 0 Å². The minimum Gasteiger partial charge on any atom is -0.309 e. The maximum Gasteiger partial charge on any atom is 0.0541 e. The number of aromatic nitrogens is 2. The molecule has 1 aliphatic carbocycles. The molecule has 1 aliphatic rings. The van der Waals surface area contributed by atoms with Crippen LogP contribution in [-0.2, 0) is 0 Å². The zero-order valence-corrected chi connectivity index (χ0v) is 34.2. The lowest BCUT2D eigenvalue weighted by Gasteiger charge is -2.18. The highest BCUT2D eigenvalue weighted by Crippen LogP contribution is 2.41. The molecule has 0 fully saturated rings. The maximum absolute atomic E-state index is 2.47. The zero-order valence-electron chi connectivity index (χ0n) is 34.2. The van der Waals surface area contributed by atoms with Crippen LogP contribution in [-0.4, -0.2) is 9.13 Å². The molecule has 12 rings (SSSR count). The molecule has 0 aliphatic heterocycles. The molecule has 62 heavy (non-hydrogen) atoms. The first-order valence-corrected chi connectivity index (χ1v) is 21.6. The van der Waals surface area contributed by atoms with Crippen LogP contribution in [0.3, 0.4) is 0 Å². The summed E-state index contributed by atoms with van der Waals surface area (Å²) in [7, 11) is 0. The summed E-state index contributed by atoms with van der Waals surface area (Å²) in [6.07, 6.45) is 9.12. The Hall–Kier alpha value is -7.94. The van der Waals surface area contributed by atoms with Gasteiger partial charge in [-0.05, 0) is 141 Å². The first kappa shape index (κ1) is 36.0. The first-order valence-electron chi connectivity index (χ1n) is 21.6. The van der Waals surface area contributed by atoms with Crippen LogP contribution in [0, 0.1) is 0 Å². The topological polar surface area (TPSA) is 9.86 Å². The van der Waals surface area contributed by atoms with E-state index < -0.39 is 0 Å². The molecular weight excluding hydrogens is 749 g/mol. The maximum atomic E-state index is 2.47. The molecule has 0 N–H and O–H groups in total. The Morgan fingerprint density at radius 3 is 1.19 bits per heavy atom. The number of rotatable bonds is 7. The molecule has 0 radical (unpaired) electrons. The number of fused-ring (bicyclic) bond motifs is 6. The quantitative estimate of drug-likeness (QED) is 0.152. The van der Waals surface area contributed by atoms with Crippen molar-refractivity contribution in [3.63, 3.8) is 0 Å². The lowest BCUT2D eigenvalue weighted by atomic mass is 9.91. The molecule has 2 heteroatoms. The Kier molecular flexibility index (Phi) is 8.67. The highest BCUT2D eigenvalue weighted by atomic mass is 15.0. The molecule has 2 aromatic heterocycles. The minimum atomic E-state index is 1.05. The molecule has 0 unspecified atom stereocenters. The van der Waals surface area contributed by atoms with Crippen molar-refractivity contribution in [2.24, 2.45) is 0 Å². The third kappa shape index (κ3) is 6.19. The van der Waals surface area contributed by atoms with Crippen molar-refractivity contribution < 1.29 is 0 Å². The van der Waals surface area contributed by atoms with Crippen molar-refractivity contribution in [3.8, 4) is 55.9 Å². The number of allylic oxidation sites excluding steroid dienone is 4. The Labute approximate surface area is 361 Å². The van der Waals surface area contributed by atoms with Crippen LogP contribution in [0.2, 0.25) is 0 Å². The average Bonchev–Trinajstić information content (AvgIpc) is 3.87. The second-order valence-corrected chi connectivity index (χ2v) is 16.4. The van der Waals surface area contributed by atoms with Gasteiger partial charge in [0.05, 0.1) is 22.1 Å². The minimum absolute atomic E-state index is 1.05. The van der Waals surface area contributed by atoms with Gasteiger partial charge in [0.15, 0.2) is 0 Å². The van der Waals surface area contributed by atoms with E-state index in [2.05, 4.69) is 240 Å². The van der Waals surface area contributed by atoms with Crippen molar-refractivity contribution in [1.82, 2.24) is 9.13 Å². The van der Waals surface area contributed by atoms with Gasteiger partial charge in [-0.1, -0.05) is 158 Å². The normalized spacial score (nSPS) is 12.7. The molecule has 2 nitrogen and oxygen atoms in total. The standard InChI is InChI=1S/C60H42N2/c1-5-17-41(18-6-1)45-29-31-59-55(38-45)53-25-13-15-27-57(53)61(59)51-36-50(49-34-47(43-21-9-3-10-22-43)33-48(35-49)44-23-11-4-12-24-44)37-52(40-51)62-58-28-16-14-26-54(58)56-39-46(30-32-60(56)62)42-19-7-2-8-20-42/h1-3,5-11,13-40H,4,12H2. The Balaban J connectivity index is 1.15. The van der Waals surface area contributed by atoms with E-state index >= 15 is 0 Å². The van der Waals surface area contributed by atoms with Gasteiger partial charge >= 0.3 is 0 Å². The van der Waals surface area contributed by atoms with Crippen molar-refractivity contribution >= 4 is 49.2 Å². The number of nitrogens with zero attached hydrogens (tertiary/aromatic N) is 2. The van der Waals surface area contributed by atoms with Crippen LogP contribution in [0.5, 0.6) is 0 Å². The van der Waals surface area contributed by atoms with E-state index in [9.17, 15) is 0 Å². The predicted octanol–water partition coefficient (Wildman–Crippen LogP) is 16.3. The van der Waals surface area contributed by atoms with Crippen LogP contribution in [0.1, 0.15) is 18.4 Å². The fraction of sp³-hybridized carbons (Fsp3) is 0.0333. The first-order chi connectivity index (χ1) is 30.7. The highest BCUT2D eigenvalue weighted by molar-refractivity contribution is 6.12. The average molecular weight is 791 g/mol. The summed E-state index contributed by atoms with van der Waals surface area (Å²) in [6, 6.07) is 78.2. The van der Waals surface area contributed by atoms with E-state index in [1.807, 2.05) is 0 Å². The summed E-state index contributed by atoms with van der Waals surface area (Å²) in [6.45, 7) is 0. The van der Waals surface area contributed by atoms with E-state index in [1.165, 1.54) is 93.7 Å². The fourth-order valence-corrected chi connectivity index (χ4v) is 9.73. The third-order valence-corrected chi connectivity index (χ3v) is 12.7. The number of benzene rings is 9. The van der Waals surface area contributed by atoms with E-state index in [1.54, 1.807) is 0 Å². The third-order valence-electron chi connectivity index (χ3n) is 12.7. The molecule has 0 spiro atoms. The molecule has 0 saturated carbocycles. The van der Waals surface area contributed by atoms with Crippen molar-refractivity contribution in [2.75, 3.05) is 0 Å². The van der Waals surface area contributed by atoms with Gasteiger partial charge in [-0.15, -0.1) is 0 Å². The molecule has 11 aromatic rings. The largest absolute Gasteiger partial charge is 0.309 e. The van der Waals surface area contributed by atoms with Gasteiger partial charge in [-0.3, -0.25) is 0 Å². The van der Waals surface area contributed by atoms with E-state index in [4.69, 9.17) is 0 Å². The molecular formula is C60H42N2. The summed E-state index contributed by atoms with van der Waals surface area (Å²) in [5.41, 5.74) is 19.1. The van der Waals surface area contributed by atoms with Crippen LogP contribution in [0.15, 0.2) is 231 Å². The fourth-order valence-electron chi connectivity index (χ4n) is 9.73. The monoisotopic (exact) mass is 790 g/mol. The van der Waals surface area contributed by atoms with Crippen molar-refractivity contribution in [1.29, 1.82) is 0 Å². The molecule has 292 valence electrons. The van der Waals surface area contributed by atoms with Crippen LogP contribution in [0.4, 0.5) is 0 Å². The molecule has 2 heterocycles. The van der Waals surface area contributed by atoms with Crippen molar-refractivity contribution in [3.05, 3.63) is 236 Å². The summed E-state index contributed by atoms with van der Waals surface area (Å²) >= 11 is 0. The molecule has 0 bridgehead atoms. The van der Waals surface area contributed by atoms with E-state index in [0.29, 0.717) is 0 Å². The van der Waals surface area contributed by atoms with Gasteiger partial charge in [0.25, 0.3) is 0 Å². The summed E-state index contributed by atoms with van der Waals surface area (Å²) < 4.78 is 4.95. The number of para-hydroxylation sites is 2. The zero-order chi connectivity index (χ0) is 41.0.